The number of nitrogens with one attached hydrogen (secondary N) is 1. The average Bonchev–Trinajstić information content (AvgIpc) is 3.59. The minimum Gasteiger partial charge on any atom is -0.483 e. The van der Waals surface area contributed by atoms with E-state index in [-0.39, 0.29) is 12.5 Å². The summed E-state index contributed by atoms with van der Waals surface area (Å²) in [5.74, 6) is 3.05. The van der Waals surface area contributed by atoms with E-state index in [1.165, 1.54) is 5.56 Å². The van der Waals surface area contributed by atoms with E-state index in [1.54, 1.807) is 6.33 Å². The molecule has 0 atom stereocenters. The highest BCUT2D eigenvalue weighted by atomic mass is 16.7. The zero-order valence-electron chi connectivity index (χ0n) is 20.1. The second-order valence-electron chi connectivity index (χ2n) is 9.47. The van der Waals surface area contributed by atoms with Gasteiger partial charge in [0, 0.05) is 18.7 Å². The van der Waals surface area contributed by atoms with Crippen molar-refractivity contribution >= 4 is 16.9 Å². The van der Waals surface area contributed by atoms with Crippen LogP contribution in [0, 0.1) is 5.92 Å². The van der Waals surface area contributed by atoms with Gasteiger partial charge in [-0.2, -0.15) is 0 Å². The van der Waals surface area contributed by atoms with E-state index in [2.05, 4.69) is 22.1 Å². The molecule has 1 aromatic heterocycles. The standard InChI is InChI=1S/C29H29N3O4/c33-29(17-34-26-4-2-1-3-23(26)22-8-9-24-25(16-22)31-18-30-24)32-13-11-20(12-14-32)5-6-21-7-10-27-28(15-21)36-19-35-27/h1-4,7-10,15-16,18,20H,5-6,11-14,17,19H2,(H,30,31). The first-order valence-electron chi connectivity index (χ1n) is 12.5. The molecule has 0 aliphatic carbocycles. The molecule has 3 heterocycles. The van der Waals surface area contributed by atoms with E-state index >= 15 is 0 Å². The van der Waals surface area contributed by atoms with Gasteiger partial charge >= 0.3 is 0 Å². The first-order valence-corrected chi connectivity index (χ1v) is 12.5. The number of carbonyl (C=O) groups is 1. The summed E-state index contributed by atoms with van der Waals surface area (Å²) in [5.41, 5.74) is 5.14. The predicted octanol–water partition coefficient (Wildman–Crippen LogP) is 5.21. The number of para-hydroxylation sites is 1. The maximum atomic E-state index is 12.9. The van der Waals surface area contributed by atoms with Crippen molar-refractivity contribution < 1.29 is 19.0 Å². The van der Waals surface area contributed by atoms with E-state index in [9.17, 15) is 4.79 Å². The number of hydrogen-bond acceptors (Lipinski definition) is 5. The molecule has 2 aliphatic rings. The number of fused-ring (bicyclic) bond motifs is 2. The Kier molecular flexibility index (Phi) is 6.20. The highest BCUT2D eigenvalue weighted by molar-refractivity contribution is 5.83. The number of amides is 1. The van der Waals surface area contributed by atoms with Crippen LogP contribution in [0.2, 0.25) is 0 Å². The maximum Gasteiger partial charge on any atom is 0.260 e. The van der Waals surface area contributed by atoms with Gasteiger partial charge in [-0.25, -0.2) is 4.98 Å². The Bertz CT molecular complexity index is 1370. The normalized spacial score (nSPS) is 15.4. The molecule has 7 heteroatoms. The number of benzene rings is 3. The molecule has 4 aromatic rings. The van der Waals surface area contributed by atoms with Crippen LogP contribution < -0.4 is 14.2 Å². The van der Waals surface area contributed by atoms with Crippen molar-refractivity contribution in [3.05, 3.63) is 72.6 Å². The van der Waals surface area contributed by atoms with Gasteiger partial charge in [0.05, 0.1) is 17.4 Å². The molecule has 0 radical (unpaired) electrons. The molecule has 7 nitrogen and oxygen atoms in total. The van der Waals surface area contributed by atoms with Crippen molar-refractivity contribution in [2.45, 2.75) is 25.7 Å². The molecule has 1 saturated heterocycles. The fraction of sp³-hybridized carbons (Fsp3) is 0.310. The van der Waals surface area contributed by atoms with Gasteiger partial charge < -0.3 is 24.1 Å². The summed E-state index contributed by atoms with van der Waals surface area (Å²) in [4.78, 5) is 22.3. The van der Waals surface area contributed by atoms with E-state index in [0.717, 1.165) is 72.4 Å². The third kappa shape index (κ3) is 4.73. The number of piperidine rings is 1. The van der Waals surface area contributed by atoms with Crippen LogP contribution >= 0.6 is 0 Å². The number of rotatable bonds is 7. The second-order valence-corrected chi connectivity index (χ2v) is 9.47. The number of hydrogen-bond donors (Lipinski definition) is 1. The van der Waals surface area contributed by atoms with Gasteiger partial charge in [-0.15, -0.1) is 0 Å². The van der Waals surface area contributed by atoms with Crippen LogP contribution in [0.5, 0.6) is 17.2 Å². The van der Waals surface area contributed by atoms with E-state index in [4.69, 9.17) is 14.2 Å². The van der Waals surface area contributed by atoms with E-state index in [1.807, 2.05) is 53.4 Å². The summed E-state index contributed by atoms with van der Waals surface area (Å²) >= 11 is 0. The first-order chi connectivity index (χ1) is 17.7. The molecule has 2 aliphatic heterocycles. The minimum absolute atomic E-state index is 0.0433. The summed E-state index contributed by atoms with van der Waals surface area (Å²) in [6.07, 6.45) is 5.87. The lowest BCUT2D eigenvalue weighted by molar-refractivity contribution is -0.134. The van der Waals surface area contributed by atoms with Crippen molar-refractivity contribution in [1.82, 2.24) is 14.9 Å². The fourth-order valence-corrected chi connectivity index (χ4v) is 5.10. The Morgan fingerprint density at radius 3 is 2.81 bits per heavy atom. The van der Waals surface area contributed by atoms with Crippen LogP contribution in [0.1, 0.15) is 24.8 Å². The quantitative estimate of drug-likeness (QED) is 0.391. The molecular formula is C29H29N3O4. The van der Waals surface area contributed by atoms with Gasteiger partial charge in [-0.05, 0) is 73.1 Å². The maximum absolute atomic E-state index is 12.9. The molecule has 1 amide bonds. The number of likely N-dealkylation sites (tertiary alicyclic amines) is 1. The van der Waals surface area contributed by atoms with Crippen LogP contribution in [0.4, 0.5) is 0 Å². The molecular weight excluding hydrogens is 454 g/mol. The smallest absolute Gasteiger partial charge is 0.260 e. The molecule has 1 N–H and O–H groups in total. The monoisotopic (exact) mass is 483 g/mol. The van der Waals surface area contributed by atoms with Crippen molar-refractivity contribution in [1.29, 1.82) is 0 Å². The van der Waals surface area contributed by atoms with Crippen LogP contribution in [0.15, 0.2) is 67.0 Å². The molecule has 0 unspecified atom stereocenters. The van der Waals surface area contributed by atoms with Gasteiger partial charge in [0.1, 0.15) is 5.75 Å². The number of carbonyl (C=O) groups excluding carboxylic acids is 1. The van der Waals surface area contributed by atoms with Gasteiger partial charge in [-0.3, -0.25) is 4.79 Å². The molecule has 36 heavy (non-hydrogen) atoms. The summed E-state index contributed by atoms with van der Waals surface area (Å²) in [5, 5.41) is 0. The first kappa shape index (κ1) is 22.5. The number of nitrogens with zero attached hydrogens (tertiary/aromatic N) is 2. The minimum atomic E-state index is 0.0433. The largest absolute Gasteiger partial charge is 0.483 e. The second kappa shape index (κ2) is 9.93. The molecule has 0 saturated carbocycles. The Balaban J connectivity index is 1.01. The highest BCUT2D eigenvalue weighted by Gasteiger charge is 2.23. The molecule has 0 spiro atoms. The number of aromatic nitrogens is 2. The zero-order chi connectivity index (χ0) is 24.3. The molecule has 6 rings (SSSR count). The average molecular weight is 484 g/mol. The lowest BCUT2D eigenvalue weighted by Gasteiger charge is -2.32. The van der Waals surface area contributed by atoms with Gasteiger partial charge in [0.15, 0.2) is 18.1 Å². The van der Waals surface area contributed by atoms with Crippen molar-refractivity contribution in [3.63, 3.8) is 0 Å². The summed E-state index contributed by atoms with van der Waals surface area (Å²) < 4.78 is 16.9. The van der Waals surface area contributed by atoms with Gasteiger partial charge in [-0.1, -0.05) is 30.3 Å². The summed E-state index contributed by atoms with van der Waals surface area (Å²) in [6, 6.07) is 20.1. The Morgan fingerprint density at radius 2 is 1.89 bits per heavy atom. The number of ether oxygens (including phenoxy) is 3. The summed E-state index contributed by atoms with van der Waals surface area (Å²) in [6.45, 7) is 1.92. The van der Waals surface area contributed by atoms with Crippen LogP contribution in [0.3, 0.4) is 0 Å². The number of aromatic amines is 1. The zero-order valence-corrected chi connectivity index (χ0v) is 20.1. The Hall–Kier alpha value is -4.00. The number of aryl methyl sites for hydroxylation is 1. The third-order valence-corrected chi connectivity index (χ3v) is 7.22. The van der Waals surface area contributed by atoms with Gasteiger partial charge in [0.25, 0.3) is 5.91 Å². The Morgan fingerprint density at radius 1 is 1.03 bits per heavy atom. The highest BCUT2D eigenvalue weighted by Crippen LogP contribution is 2.34. The lowest BCUT2D eigenvalue weighted by atomic mass is 9.90. The van der Waals surface area contributed by atoms with Crippen LogP contribution in [-0.4, -0.2) is 47.3 Å². The molecule has 0 bridgehead atoms. The van der Waals surface area contributed by atoms with Crippen LogP contribution in [0.25, 0.3) is 22.2 Å². The summed E-state index contributed by atoms with van der Waals surface area (Å²) in [7, 11) is 0. The topological polar surface area (TPSA) is 76.7 Å². The molecule has 184 valence electrons. The Labute approximate surface area is 210 Å². The molecule has 1 fully saturated rings. The fourth-order valence-electron chi connectivity index (χ4n) is 5.10. The van der Waals surface area contributed by atoms with E-state index < -0.39 is 0 Å². The lowest BCUT2D eigenvalue weighted by Crippen LogP contribution is -2.41. The molecule has 3 aromatic carbocycles. The van der Waals surface area contributed by atoms with Crippen molar-refractivity contribution in [3.8, 4) is 28.4 Å². The number of imidazole rings is 1. The van der Waals surface area contributed by atoms with Crippen LogP contribution in [-0.2, 0) is 11.2 Å². The third-order valence-electron chi connectivity index (χ3n) is 7.22. The van der Waals surface area contributed by atoms with Crippen molar-refractivity contribution in [2.24, 2.45) is 5.92 Å². The SMILES string of the molecule is O=C(COc1ccccc1-c1ccc2[nH]cnc2c1)N1CCC(CCc2ccc3c(c2)OCO3)CC1. The number of H-pyrrole nitrogens is 1. The van der Waals surface area contributed by atoms with Gasteiger partial charge in [0.2, 0.25) is 6.79 Å². The van der Waals surface area contributed by atoms with E-state index in [0.29, 0.717) is 18.5 Å². The predicted molar refractivity (Wildman–Crippen MR) is 137 cm³/mol. The van der Waals surface area contributed by atoms with Crippen molar-refractivity contribution in [2.75, 3.05) is 26.5 Å².